The third-order valence-electron chi connectivity index (χ3n) is 7.46. The van der Waals surface area contributed by atoms with Gasteiger partial charge in [-0.25, -0.2) is 14.4 Å². The molecule has 0 amide bonds. The van der Waals surface area contributed by atoms with E-state index in [1.807, 2.05) is 85.9 Å². The highest BCUT2D eigenvalue weighted by Gasteiger charge is 2.17. The maximum Gasteiger partial charge on any atom is 0.178 e. The van der Waals surface area contributed by atoms with Crippen LogP contribution in [0.3, 0.4) is 0 Å². The number of benzene rings is 3. The highest BCUT2D eigenvalue weighted by atomic mass is 19.1. The fourth-order valence-corrected chi connectivity index (χ4v) is 5.18. The zero-order valence-electron chi connectivity index (χ0n) is 24.8. The number of aromatic amines is 2. The van der Waals surface area contributed by atoms with Gasteiger partial charge >= 0.3 is 0 Å². The van der Waals surface area contributed by atoms with Crippen molar-refractivity contribution in [1.82, 2.24) is 35.0 Å². The molecule has 0 aliphatic heterocycles. The maximum atomic E-state index is 14.7. The SMILES string of the molecule is CN(C)CCOc1cc(F)cc(-c2ccnc3nc(-c4n[nH]c5ccc(-c6cncc(OCc7ccccc7)c6)cc45)[nH]c23)c1. The number of rotatable bonds is 10. The average Bonchev–Trinajstić information content (AvgIpc) is 3.68. The van der Waals surface area contributed by atoms with Gasteiger partial charge in [0.2, 0.25) is 0 Å². The van der Waals surface area contributed by atoms with Crippen LogP contribution in [0.1, 0.15) is 5.56 Å². The van der Waals surface area contributed by atoms with Crippen LogP contribution in [0.15, 0.2) is 97.5 Å². The molecule has 0 bridgehead atoms. The molecule has 0 aliphatic carbocycles. The minimum absolute atomic E-state index is 0.382. The predicted octanol–water partition coefficient (Wildman–Crippen LogP) is 6.89. The van der Waals surface area contributed by atoms with Gasteiger partial charge in [-0.05, 0) is 67.2 Å². The lowest BCUT2D eigenvalue weighted by molar-refractivity contribution is 0.260. The van der Waals surface area contributed by atoms with Gasteiger partial charge in [0, 0.05) is 41.5 Å². The minimum atomic E-state index is -0.382. The fraction of sp³-hybridized carbons (Fsp3) is 0.143. The van der Waals surface area contributed by atoms with E-state index in [1.54, 1.807) is 12.4 Å². The second kappa shape index (κ2) is 12.2. The Morgan fingerprint density at radius 3 is 2.58 bits per heavy atom. The molecule has 0 fully saturated rings. The van der Waals surface area contributed by atoms with Crippen LogP contribution in [0, 0.1) is 5.82 Å². The molecule has 0 aliphatic rings. The molecule has 0 spiro atoms. The normalized spacial score (nSPS) is 11.5. The lowest BCUT2D eigenvalue weighted by Crippen LogP contribution is -2.19. The van der Waals surface area contributed by atoms with Crippen LogP contribution >= 0.6 is 0 Å². The molecule has 4 heterocycles. The summed E-state index contributed by atoms with van der Waals surface area (Å²) in [5.41, 5.74) is 7.06. The molecule has 224 valence electrons. The zero-order valence-corrected chi connectivity index (χ0v) is 24.8. The van der Waals surface area contributed by atoms with Crippen molar-refractivity contribution in [3.8, 4) is 45.3 Å². The van der Waals surface area contributed by atoms with Gasteiger partial charge in [0.1, 0.15) is 36.2 Å². The molecule has 2 N–H and O–H groups in total. The largest absolute Gasteiger partial charge is 0.492 e. The smallest absolute Gasteiger partial charge is 0.178 e. The number of likely N-dealkylation sites (N-methyl/N-ethyl adjacent to an activating group) is 1. The van der Waals surface area contributed by atoms with Gasteiger partial charge < -0.3 is 19.4 Å². The summed E-state index contributed by atoms with van der Waals surface area (Å²) in [6, 6.07) is 24.6. The van der Waals surface area contributed by atoms with Gasteiger partial charge in [-0.2, -0.15) is 5.10 Å². The third-order valence-corrected chi connectivity index (χ3v) is 7.46. The van der Waals surface area contributed by atoms with Gasteiger partial charge in [-0.15, -0.1) is 0 Å². The molecule has 45 heavy (non-hydrogen) atoms. The number of nitrogens with one attached hydrogen (secondary N) is 2. The van der Waals surface area contributed by atoms with Crippen LogP contribution < -0.4 is 9.47 Å². The first-order valence-electron chi connectivity index (χ1n) is 14.5. The van der Waals surface area contributed by atoms with Crippen LogP contribution in [0.5, 0.6) is 11.5 Å². The van der Waals surface area contributed by atoms with E-state index >= 15 is 0 Å². The van der Waals surface area contributed by atoms with Crippen LogP contribution in [0.2, 0.25) is 0 Å². The number of imidazole rings is 1. The number of H-pyrrole nitrogens is 2. The molecular formula is C35H30FN7O2. The Bertz CT molecular complexity index is 2110. The van der Waals surface area contributed by atoms with Gasteiger partial charge in [0.15, 0.2) is 11.5 Å². The second-order valence-electron chi connectivity index (χ2n) is 11.0. The number of nitrogens with zero attached hydrogens (tertiary/aromatic N) is 5. The number of hydrogen-bond acceptors (Lipinski definition) is 7. The molecular weight excluding hydrogens is 569 g/mol. The summed E-state index contributed by atoms with van der Waals surface area (Å²) < 4.78 is 26.5. The molecule has 9 nitrogen and oxygen atoms in total. The van der Waals surface area contributed by atoms with Gasteiger partial charge in [-0.1, -0.05) is 36.4 Å². The topological polar surface area (TPSA) is 105 Å². The molecule has 0 atom stereocenters. The Morgan fingerprint density at radius 1 is 0.844 bits per heavy atom. The van der Waals surface area contributed by atoms with E-state index in [4.69, 9.17) is 14.5 Å². The summed E-state index contributed by atoms with van der Waals surface area (Å²) in [6.45, 7) is 1.63. The summed E-state index contributed by atoms with van der Waals surface area (Å²) in [7, 11) is 3.93. The van der Waals surface area contributed by atoms with Crippen molar-refractivity contribution in [3.05, 3.63) is 109 Å². The van der Waals surface area contributed by atoms with Gasteiger partial charge in [-0.3, -0.25) is 10.1 Å². The molecule has 0 saturated carbocycles. The maximum absolute atomic E-state index is 14.7. The summed E-state index contributed by atoms with van der Waals surface area (Å²) in [5, 5.41) is 8.57. The number of pyridine rings is 2. The number of halogens is 1. The minimum Gasteiger partial charge on any atom is -0.492 e. The predicted molar refractivity (Wildman–Crippen MR) is 172 cm³/mol. The lowest BCUT2D eigenvalue weighted by Gasteiger charge is -2.12. The van der Waals surface area contributed by atoms with E-state index in [2.05, 4.69) is 31.2 Å². The Balaban J connectivity index is 1.20. The molecule has 10 heteroatoms. The Morgan fingerprint density at radius 2 is 1.71 bits per heavy atom. The van der Waals surface area contributed by atoms with Crippen LogP contribution in [0.4, 0.5) is 4.39 Å². The van der Waals surface area contributed by atoms with Crippen molar-refractivity contribution in [2.24, 2.45) is 0 Å². The number of hydrogen-bond donors (Lipinski definition) is 2. The molecule has 7 rings (SSSR count). The van der Waals surface area contributed by atoms with E-state index in [9.17, 15) is 4.39 Å². The summed E-state index contributed by atoms with van der Waals surface area (Å²) >= 11 is 0. The first-order valence-corrected chi connectivity index (χ1v) is 14.5. The fourth-order valence-electron chi connectivity index (χ4n) is 5.18. The first-order chi connectivity index (χ1) is 22.0. The molecule has 0 unspecified atom stereocenters. The highest BCUT2D eigenvalue weighted by molar-refractivity contribution is 5.97. The summed E-state index contributed by atoms with van der Waals surface area (Å²) in [5.74, 6) is 1.31. The number of ether oxygens (including phenoxy) is 2. The van der Waals surface area contributed by atoms with E-state index in [1.165, 1.54) is 12.1 Å². The monoisotopic (exact) mass is 599 g/mol. The Kier molecular flexibility index (Phi) is 7.62. The van der Waals surface area contributed by atoms with Crippen molar-refractivity contribution in [1.29, 1.82) is 0 Å². The lowest BCUT2D eigenvalue weighted by atomic mass is 10.0. The standard InChI is InChI=1S/C35H30FN7O2/c1-43(2)12-13-44-27-15-24(14-26(36)18-27)29-10-11-38-34-32(29)39-35(40-34)33-30-17-23(8-9-31(30)41-42-33)25-16-28(20-37-19-25)45-21-22-6-4-3-5-7-22/h3-11,14-20H,12-13,21H2,1-2H3,(H,41,42)(H,38,39,40). The third kappa shape index (κ3) is 6.09. The molecule has 0 saturated heterocycles. The molecule has 7 aromatic rings. The second-order valence-corrected chi connectivity index (χ2v) is 11.0. The first kappa shape index (κ1) is 28.2. The molecule has 0 radical (unpaired) electrons. The van der Waals surface area contributed by atoms with Crippen molar-refractivity contribution in [2.45, 2.75) is 6.61 Å². The molecule has 3 aromatic carbocycles. The summed E-state index contributed by atoms with van der Waals surface area (Å²) in [4.78, 5) is 19.1. The van der Waals surface area contributed by atoms with Gasteiger partial charge in [0.25, 0.3) is 0 Å². The quantitative estimate of drug-likeness (QED) is 0.176. The van der Waals surface area contributed by atoms with E-state index in [0.29, 0.717) is 53.0 Å². The van der Waals surface area contributed by atoms with Crippen molar-refractivity contribution < 1.29 is 13.9 Å². The molecule has 4 aromatic heterocycles. The zero-order chi connectivity index (χ0) is 30.8. The highest BCUT2D eigenvalue weighted by Crippen LogP contribution is 2.34. The van der Waals surface area contributed by atoms with Crippen LogP contribution in [-0.2, 0) is 6.61 Å². The Hall–Kier alpha value is -5.61. The van der Waals surface area contributed by atoms with Gasteiger partial charge in [0.05, 0.1) is 17.2 Å². The Labute approximate surface area is 258 Å². The van der Waals surface area contributed by atoms with E-state index in [0.717, 1.165) is 39.7 Å². The van der Waals surface area contributed by atoms with Crippen LogP contribution in [0.25, 0.3) is 55.8 Å². The number of aromatic nitrogens is 6. The van der Waals surface area contributed by atoms with Crippen molar-refractivity contribution in [3.63, 3.8) is 0 Å². The number of fused-ring (bicyclic) bond motifs is 2. The summed E-state index contributed by atoms with van der Waals surface area (Å²) in [6.07, 6.45) is 5.19. The van der Waals surface area contributed by atoms with E-state index < -0.39 is 0 Å². The van der Waals surface area contributed by atoms with Crippen molar-refractivity contribution >= 4 is 22.1 Å². The van der Waals surface area contributed by atoms with E-state index in [-0.39, 0.29) is 5.82 Å². The average molecular weight is 600 g/mol. The van der Waals surface area contributed by atoms with Crippen molar-refractivity contribution in [2.75, 3.05) is 27.2 Å². The van der Waals surface area contributed by atoms with Crippen LogP contribution in [-0.4, -0.2) is 62.3 Å².